The van der Waals surface area contributed by atoms with Crippen LogP contribution < -0.4 is 21.7 Å². The molecule has 4 unspecified atom stereocenters. The lowest BCUT2D eigenvalue weighted by Crippen LogP contribution is -2.57. The molecule has 0 aliphatic heterocycles. The number of thioether (sulfide) groups is 1. The molecule has 0 spiro atoms. The van der Waals surface area contributed by atoms with Crippen molar-refractivity contribution < 1.29 is 34.2 Å². The lowest BCUT2D eigenvalue weighted by Gasteiger charge is -2.22. The van der Waals surface area contributed by atoms with Crippen LogP contribution in [0.15, 0.2) is 12.5 Å². The van der Waals surface area contributed by atoms with Crippen molar-refractivity contribution in [1.82, 2.24) is 25.9 Å². The Morgan fingerprint density at radius 1 is 1.09 bits per heavy atom. The Hall–Kier alpha value is -3.13. The molecule has 1 rings (SSSR count). The van der Waals surface area contributed by atoms with Crippen molar-refractivity contribution >= 4 is 41.4 Å². The number of rotatable bonds is 14. The third-order valence-corrected chi connectivity index (χ3v) is 4.97. The first kappa shape index (κ1) is 26.9. The number of aliphatic carboxylic acids is 2. The molecule has 4 atom stereocenters. The summed E-state index contributed by atoms with van der Waals surface area (Å²) in [5.41, 5.74) is 6.22. The largest absolute Gasteiger partial charge is 0.481 e. The number of nitrogens with one attached hydrogen (secondary N) is 4. The van der Waals surface area contributed by atoms with E-state index in [0.29, 0.717) is 17.9 Å². The molecule has 1 aromatic rings. The minimum Gasteiger partial charge on any atom is -0.481 e. The van der Waals surface area contributed by atoms with Gasteiger partial charge in [-0.25, -0.2) is 9.78 Å². The van der Waals surface area contributed by atoms with Crippen LogP contribution in [0.1, 0.15) is 25.5 Å². The van der Waals surface area contributed by atoms with E-state index >= 15 is 0 Å². The molecule has 0 aliphatic rings. The zero-order valence-corrected chi connectivity index (χ0v) is 18.5. The number of carbonyl (C=O) groups is 5. The van der Waals surface area contributed by atoms with Gasteiger partial charge in [-0.3, -0.25) is 19.2 Å². The van der Waals surface area contributed by atoms with E-state index in [1.54, 1.807) is 0 Å². The molecular weight excluding hydrogens is 444 g/mol. The molecule has 13 nitrogen and oxygen atoms in total. The van der Waals surface area contributed by atoms with Crippen molar-refractivity contribution in [2.75, 3.05) is 12.0 Å². The number of hydrogen-bond acceptors (Lipinski definition) is 8. The molecular formula is C18H28N6O7S. The first-order valence-corrected chi connectivity index (χ1v) is 11.0. The Bertz CT molecular complexity index is 804. The Morgan fingerprint density at radius 3 is 2.28 bits per heavy atom. The van der Waals surface area contributed by atoms with Gasteiger partial charge in [-0.05, 0) is 25.4 Å². The molecule has 0 aliphatic carbocycles. The third-order valence-electron chi connectivity index (χ3n) is 4.33. The van der Waals surface area contributed by atoms with Crippen LogP contribution in [0.2, 0.25) is 0 Å². The van der Waals surface area contributed by atoms with Crippen molar-refractivity contribution in [3.05, 3.63) is 18.2 Å². The quantitative estimate of drug-likeness (QED) is 0.159. The zero-order chi connectivity index (χ0) is 24.3. The number of H-pyrrole nitrogens is 1. The molecule has 178 valence electrons. The molecule has 32 heavy (non-hydrogen) atoms. The van der Waals surface area contributed by atoms with Gasteiger partial charge in [0.25, 0.3) is 0 Å². The van der Waals surface area contributed by atoms with E-state index in [1.807, 2.05) is 6.26 Å². The van der Waals surface area contributed by atoms with Crippen LogP contribution in [0, 0.1) is 0 Å². The maximum Gasteiger partial charge on any atom is 0.326 e. The van der Waals surface area contributed by atoms with Crippen LogP contribution in [0.3, 0.4) is 0 Å². The van der Waals surface area contributed by atoms with Crippen LogP contribution in [0.4, 0.5) is 0 Å². The first-order chi connectivity index (χ1) is 15.0. The maximum absolute atomic E-state index is 12.5. The van der Waals surface area contributed by atoms with E-state index < -0.39 is 60.2 Å². The number of carbonyl (C=O) groups excluding carboxylic acids is 3. The minimum absolute atomic E-state index is 0.0621. The van der Waals surface area contributed by atoms with Gasteiger partial charge in [0.05, 0.1) is 18.8 Å². The number of amides is 3. The van der Waals surface area contributed by atoms with Crippen LogP contribution in [0.25, 0.3) is 0 Å². The van der Waals surface area contributed by atoms with Crippen LogP contribution in [-0.4, -0.2) is 86.0 Å². The van der Waals surface area contributed by atoms with Gasteiger partial charge in [0.1, 0.15) is 18.1 Å². The summed E-state index contributed by atoms with van der Waals surface area (Å²) in [5.74, 6) is -4.44. The molecule has 8 N–H and O–H groups in total. The van der Waals surface area contributed by atoms with Gasteiger partial charge in [-0.1, -0.05) is 0 Å². The molecule has 1 heterocycles. The molecule has 1 aromatic heterocycles. The highest BCUT2D eigenvalue weighted by Gasteiger charge is 2.29. The number of nitrogens with zero attached hydrogens (tertiary/aromatic N) is 1. The van der Waals surface area contributed by atoms with Gasteiger partial charge in [0.2, 0.25) is 17.7 Å². The van der Waals surface area contributed by atoms with E-state index in [0.717, 1.165) is 0 Å². The number of hydrogen-bond donors (Lipinski definition) is 7. The van der Waals surface area contributed by atoms with E-state index in [-0.39, 0.29) is 6.42 Å². The lowest BCUT2D eigenvalue weighted by molar-refractivity contribution is -0.143. The second-order valence-corrected chi connectivity index (χ2v) is 7.94. The molecule has 0 saturated heterocycles. The fourth-order valence-corrected chi connectivity index (χ4v) is 3.02. The Kier molecular flexibility index (Phi) is 11.2. The number of carboxylic acids is 2. The molecule has 3 amide bonds. The van der Waals surface area contributed by atoms with Gasteiger partial charge in [-0.2, -0.15) is 11.8 Å². The van der Waals surface area contributed by atoms with Crippen molar-refractivity contribution in [2.24, 2.45) is 5.73 Å². The molecule has 0 radical (unpaired) electrons. The Labute approximate surface area is 188 Å². The van der Waals surface area contributed by atoms with Crippen LogP contribution >= 0.6 is 11.8 Å². The highest BCUT2D eigenvalue weighted by molar-refractivity contribution is 7.98. The van der Waals surface area contributed by atoms with Gasteiger partial charge in [-0.15, -0.1) is 0 Å². The van der Waals surface area contributed by atoms with Crippen LogP contribution in [-0.2, 0) is 30.4 Å². The molecule has 0 fully saturated rings. The van der Waals surface area contributed by atoms with Gasteiger partial charge < -0.3 is 36.9 Å². The molecule has 0 bridgehead atoms. The second kappa shape index (κ2) is 13.3. The summed E-state index contributed by atoms with van der Waals surface area (Å²) in [6.45, 7) is 1.30. The highest BCUT2D eigenvalue weighted by Crippen LogP contribution is 2.02. The lowest BCUT2D eigenvalue weighted by atomic mass is 10.1. The summed E-state index contributed by atoms with van der Waals surface area (Å²) in [7, 11) is 0. The molecule has 14 heteroatoms. The van der Waals surface area contributed by atoms with Gasteiger partial charge in [0.15, 0.2) is 0 Å². The summed E-state index contributed by atoms with van der Waals surface area (Å²) in [4.78, 5) is 66.1. The predicted octanol–water partition coefficient (Wildman–Crippen LogP) is -1.93. The predicted molar refractivity (Wildman–Crippen MR) is 115 cm³/mol. The topological polar surface area (TPSA) is 217 Å². The van der Waals surface area contributed by atoms with Crippen LogP contribution in [0.5, 0.6) is 0 Å². The fourth-order valence-electron chi connectivity index (χ4n) is 2.53. The second-order valence-electron chi connectivity index (χ2n) is 6.96. The van der Waals surface area contributed by atoms with E-state index in [4.69, 9.17) is 10.8 Å². The number of aromatic nitrogens is 2. The van der Waals surface area contributed by atoms with Gasteiger partial charge >= 0.3 is 11.9 Å². The summed E-state index contributed by atoms with van der Waals surface area (Å²) < 4.78 is 0. The normalized spacial score (nSPS) is 14.5. The highest BCUT2D eigenvalue weighted by atomic mass is 32.2. The molecule has 0 aromatic carbocycles. The average molecular weight is 473 g/mol. The first-order valence-electron chi connectivity index (χ1n) is 9.62. The summed E-state index contributed by atoms with van der Waals surface area (Å²) in [6, 6.07) is -4.88. The van der Waals surface area contributed by atoms with Crippen molar-refractivity contribution in [3.63, 3.8) is 0 Å². The van der Waals surface area contributed by atoms with Crippen molar-refractivity contribution in [2.45, 2.75) is 50.4 Å². The number of carboxylic acid groups (broad SMARTS) is 2. The Balaban J connectivity index is 2.73. The standard InChI is InChI=1S/C18H28N6O7S/c1-9(15(27)24-13(18(30)31)5-10-7-20-8-21-10)22-17(29)12(6-14(25)26)23-16(28)11(19)3-4-32-2/h7-9,11-13H,3-6,19H2,1-2H3,(H,20,21)(H,22,29)(H,23,28)(H,24,27)(H,25,26)(H,30,31). The average Bonchev–Trinajstić information content (AvgIpc) is 3.23. The minimum atomic E-state index is -1.46. The maximum atomic E-state index is 12.5. The fraction of sp³-hybridized carbons (Fsp3) is 0.556. The SMILES string of the molecule is CSCCC(N)C(=O)NC(CC(=O)O)C(=O)NC(C)C(=O)NC(Cc1cnc[nH]1)C(=O)O. The van der Waals surface area contributed by atoms with Gasteiger partial charge in [0, 0.05) is 18.3 Å². The van der Waals surface area contributed by atoms with E-state index in [2.05, 4.69) is 25.9 Å². The number of imidazole rings is 1. The third kappa shape index (κ3) is 9.34. The summed E-state index contributed by atoms with van der Waals surface area (Å²) >= 11 is 1.48. The van der Waals surface area contributed by atoms with Crippen molar-refractivity contribution in [3.8, 4) is 0 Å². The monoisotopic (exact) mass is 472 g/mol. The summed E-state index contributed by atoms with van der Waals surface area (Å²) in [5, 5.41) is 25.2. The zero-order valence-electron chi connectivity index (χ0n) is 17.7. The number of nitrogens with two attached hydrogens (primary N) is 1. The Morgan fingerprint density at radius 2 is 1.75 bits per heavy atom. The van der Waals surface area contributed by atoms with E-state index in [9.17, 15) is 29.1 Å². The molecule has 0 saturated carbocycles. The number of aromatic amines is 1. The summed E-state index contributed by atoms with van der Waals surface area (Å²) in [6.07, 6.45) is 4.16. The van der Waals surface area contributed by atoms with E-state index in [1.165, 1.54) is 31.2 Å². The smallest absolute Gasteiger partial charge is 0.326 e. The van der Waals surface area contributed by atoms with Crippen molar-refractivity contribution in [1.29, 1.82) is 0 Å².